The van der Waals surface area contributed by atoms with E-state index < -0.39 is 0 Å². The molecule has 0 radical (unpaired) electrons. The van der Waals surface area contributed by atoms with Gasteiger partial charge in [-0.1, -0.05) is 13.0 Å². The van der Waals surface area contributed by atoms with Crippen LogP contribution in [-0.4, -0.2) is 18.2 Å². The van der Waals surface area contributed by atoms with Gasteiger partial charge < -0.3 is 16.8 Å². The van der Waals surface area contributed by atoms with Crippen LogP contribution in [0.2, 0.25) is 0 Å². The molecule has 1 aromatic rings. The molecule has 2 atom stereocenters. The number of nitrogens with two attached hydrogens (primary N) is 2. The van der Waals surface area contributed by atoms with Gasteiger partial charge in [0.05, 0.1) is 11.4 Å². The first-order valence-corrected chi connectivity index (χ1v) is 7.11. The van der Waals surface area contributed by atoms with Gasteiger partial charge >= 0.3 is 0 Å². The first-order chi connectivity index (χ1) is 8.60. The summed E-state index contributed by atoms with van der Waals surface area (Å²) in [5.41, 5.74) is 13.7. The van der Waals surface area contributed by atoms with E-state index in [0.29, 0.717) is 18.2 Å². The molecule has 1 aromatic carbocycles. The van der Waals surface area contributed by atoms with Crippen molar-refractivity contribution >= 4 is 23.4 Å². The van der Waals surface area contributed by atoms with E-state index in [2.05, 4.69) is 12.2 Å². The Hall–Kier alpha value is -1.04. The van der Waals surface area contributed by atoms with E-state index in [-0.39, 0.29) is 11.9 Å². The Morgan fingerprint density at radius 3 is 3.00 bits per heavy atom. The first kappa shape index (κ1) is 13.4. The molecule has 2 rings (SSSR count). The Bertz CT molecular complexity index is 450. The maximum Gasteiger partial charge on any atom is 0.234 e. The van der Waals surface area contributed by atoms with E-state index >= 15 is 0 Å². The van der Waals surface area contributed by atoms with Gasteiger partial charge in [-0.3, -0.25) is 4.79 Å². The van der Waals surface area contributed by atoms with Crippen LogP contribution in [0.3, 0.4) is 0 Å². The molecule has 0 fully saturated rings. The predicted octanol–water partition coefficient (Wildman–Crippen LogP) is 1.72. The lowest BCUT2D eigenvalue weighted by molar-refractivity contribution is -0.113. The molecule has 18 heavy (non-hydrogen) atoms. The summed E-state index contributed by atoms with van der Waals surface area (Å²) in [6.45, 7) is 2.74. The zero-order valence-corrected chi connectivity index (χ0v) is 11.3. The van der Waals surface area contributed by atoms with Gasteiger partial charge in [-0.15, -0.1) is 11.8 Å². The molecular formula is C13H19N3OS. The van der Waals surface area contributed by atoms with E-state index in [1.807, 2.05) is 18.2 Å². The van der Waals surface area contributed by atoms with Crippen molar-refractivity contribution in [3.8, 4) is 0 Å². The van der Waals surface area contributed by atoms with Crippen molar-refractivity contribution in [1.29, 1.82) is 0 Å². The Morgan fingerprint density at radius 1 is 1.50 bits per heavy atom. The highest BCUT2D eigenvalue weighted by Crippen LogP contribution is 2.33. The van der Waals surface area contributed by atoms with Crippen LogP contribution in [0.15, 0.2) is 23.1 Å². The van der Waals surface area contributed by atoms with E-state index in [1.165, 1.54) is 0 Å². The van der Waals surface area contributed by atoms with Crippen LogP contribution in [0, 0.1) is 5.92 Å². The Labute approximate surface area is 111 Å². The summed E-state index contributed by atoms with van der Waals surface area (Å²) < 4.78 is 0. The van der Waals surface area contributed by atoms with Crippen molar-refractivity contribution in [2.45, 2.75) is 24.3 Å². The zero-order chi connectivity index (χ0) is 13.1. The normalized spacial score (nSPS) is 17.8. The largest absolute Gasteiger partial charge is 0.330 e. The number of thioether (sulfide) groups is 1. The molecule has 1 amide bonds. The molecule has 5 heteroatoms. The predicted molar refractivity (Wildman–Crippen MR) is 75.6 cm³/mol. The maximum absolute atomic E-state index is 11.4. The van der Waals surface area contributed by atoms with Crippen molar-refractivity contribution in [1.82, 2.24) is 0 Å². The van der Waals surface area contributed by atoms with E-state index in [9.17, 15) is 4.79 Å². The van der Waals surface area contributed by atoms with Crippen molar-refractivity contribution < 1.29 is 4.79 Å². The number of carbonyl (C=O) groups is 1. The minimum Gasteiger partial charge on any atom is -0.330 e. The average Bonchev–Trinajstić information content (AvgIpc) is 2.37. The second-order valence-electron chi connectivity index (χ2n) is 4.78. The molecule has 5 N–H and O–H groups in total. The highest BCUT2D eigenvalue weighted by molar-refractivity contribution is 8.00. The number of rotatable bonds is 4. The van der Waals surface area contributed by atoms with Crippen molar-refractivity contribution in [2.75, 3.05) is 17.6 Å². The third kappa shape index (κ3) is 3.04. The Balaban J connectivity index is 2.15. The molecule has 98 valence electrons. The number of hydrogen-bond acceptors (Lipinski definition) is 4. The lowest BCUT2D eigenvalue weighted by Gasteiger charge is -2.20. The molecule has 2 unspecified atom stereocenters. The van der Waals surface area contributed by atoms with Gasteiger partial charge in [-0.2, -0.15) is 0 Å². The number of nitrogens with one attached hydrogen (secondary N) is 1. The van der Waals surface area contributed by atoms with Gasteiger partial charge in [0.1, 0.15) is 0 Å². The van der Waals surface area contributed by atoms with Crippen molar-refractivity contribution in [3.63, 3.8) is 0 Å². The number of fused-ring (bicyclic) bond motifs is 1. The molecule has 1 aliphatic heterocycles. The second kappa shape index (κ2) is 5.73. The number of anilines is 1. The molecule has 0 saturated carbocycles. The monoisotopic (exact) mass is 265 g/mol. The Morgan fingerprint density at radius 2 is 2.28 bits per heavy atom. The fraction of sp³-hybridized carbons (Fsp3) is 0.462. The van der Waals surface area contributed by atoms with Crippen LogP contribution in [-0.2, 0) is 4.79 Å². The summed E-state index contributed by atoms with van der Waals surface area (Å²) in [4.78, 5) is 12.5. The lowest BCUT2D eigenvalue weighted by atomic mass is 9.96. The minimum atomic E-state index is -0.0299. The van der Waals surface area contributed by atoms with Gasteiger partial charge in [0.25, 0.3) is 0 Å². The van der Waals surface area contributed by atoms with E-state index in [1.54, 1.807) is 11.8 Å². The summed E-state index contributed by atoms with van der Waals surface area (Å²) in [5.74, 6) is 0.941. The smallest absolute Gasteiger partial charge is 0.234 e. The fourth-order valence-corrected chi connectivity index (χ4v) is 2.79. The third-order valence-corrected chi connectivity index (χ3v) is 4.20. The van der Waals surface area contributed by atoms with Crippen molar-refractivity contribution in [3.05, 3.63) is 23.8 Å². The van der Waals surface area contributed by atoms with Crippen LogP contribution in [0.5, 0.6) is 0 Å². The molecule has 4 nitrogen and oxygen atoms in total. The summed E-state index contributed by atoms with van der Waals surface area (Å²) >= 11 is 1.56. The summed E-state index contributed by atoms with van der Waals surface area (Å²) in [5, 5.41) is 2.88. The number of amides is 1. The van der Waals surface area contributed by atoms with Crippen LogP contribution < -0.4 is 16.8 Å². The lowest BCUT2D eigenvalue weighted by Crippen LogP contribution is -2.21. The SMILES string of the molecule is CC(CN)CC(N)c1ccc2c(c1)NC(=O)CS2. The fourth-order valence-electron chi connectivity index (χ4n) is 2.00. The molecule has 0 aliphatic carbocycles. The third-order valence-electron chi connectivity index (χ3n) is 3.12. The van der Waals surface area contributed by atoms with Gasteiger partial charge in [0.15, 0.2) is 0 Å². The van der Waals surface area contributed by atoms with Crippen LogP contribution in [0.1, 0.15) is 24.9 Å². The van der Waals surface area contributed by atoms with Crippen LogP contribution in [0.4, 0.5) is 5.69 Å². The molecular weight excluding hydrogens is 246 g/mol. The van der Waals surface area contributed by atoms with Gasteiger partial charge in [-0.05, 0) is 36.6 Å². The second-order valence-corrected chi connectivity index (χ2v) is 5.79. The highest BCUT2D eigenvalue weighted by atomic mass is 32.2. The average molecular weight is 265 g/mol. The van der Waals surface area contributed by atoms with Gasteiger partial charge in [0.2, 0.25) is 5.91 Å². The van der Waals surface area contributed by atoms with Gasteiger partial charge in [0, 0.05) is 10.9 Å². The highest BCUT2D eigenvalue weighted by Gasteiger charge is 2.17. The summed E-state index contributed by atoms with van der Waals surface area (Å²) in [6.07, 6.45) is 0.858. The van der Waals surface area contributed by atoms with E-state index in [4.69, 9.17) is 11.5 Å². The Kier molecular flexibility index (Phi) is 4.27. The summed E-state index contributed by atoms with van der Waals surface area (Å²) in [6, 6.07) is 6.02. The van der Waals surface area contributed by atoms with Crippen LogP contribution in [0.25, 0.3) is 0 Å². The van der Waals surface area contributed by atoms with Gasteiger partial charge in [-0.25, -0.2) is 0 Å². The molecule has 1 heterocycles. The number of hydrogen-bond donors (Lipinski definition) is 3. The molecule has 0 spiro atoms. The van der Waals surface area contributed by atoms with Crippen molar-refractivity contribution in [2.24, 2.45) is 17.4 Å². The molecule has 0 aromatic heterocycles. The molecule has 1 aliphatic rings. The zero-order valence-electron chi connectivity index (χ0n) is 10.5. The quantitative estimate of drug-likeness (QED) is 0.774. The maximum atomic E-state index is 11.4. The topological polar surface area (TPSA) is 81.1 Å². The molecule has 0 bridgehead atoms. The minimum absolute atomic E-state index is 0.0299. The summed E-state index contributed by atoms with van der Waals surface area (Å²) in [7, 11) is 0. The van der Waals surface area contributed by atoms with Crippen LogP contribution >= 0.6 is 11.8 Å². The standard InChI is InChI=1S/C13H19N3OS/c1-8(6-14)4-10(15)9-2-3-12-11(5-9)16-13(17)7-18-12/h2-3,5,8,10H,4,6-7,14-15H2,1H3,(H,16,17). The first-order valence-electron chi connectivity index (χ1n) is 6.12. The number of carbonyl (C=O) groups excluding carboxylic acids is 1. The molecule has 0 saturated heterocycles. The number of benzene rings is 1. The van der Waals surface area contributed by atoms with E-state index in [0.717, 1.165) is 22.6 Å².